The Morgan fingerprint density at radius 3 is 3.10 bits per heavy atom. The second kappa shape index (κ2) is 2.96. The molecule has 4 heteroatoms. The van der Waals surface area contributed by atoms with Crippen molar-refractivity contribution in [2.75, 3.05) is 12.4 Å². The molecule has 0 atom stereocenters. The van der Waals surface area contributed by atoms with Crippen LogP contribution in [-0.2, 0) is 4.79 Å². The van der Waals surface area contributed by atoms with Gasteiger partial charge in [-0.2, -0.15) is 0 Å². The molecule has 0 amide bonds. The number of hydrogen-bond donors (Lipinski definition) is 1. The maximum atomic E-state index is 10.2. The lowest BCUT2D eigenvalue weighted by Crippen LogP contribution is -2.21. The van der Waals surface area contributed by atoms with E-state index in [1.165, 1.54) is 4.91 Å². The van der Waals surface area contributed by atoms with Gasteiger partial charge in [-0.15, -0.1) is 11.8 Å². The predicted molar refractivity (Wildman–Crippen MR) is 40.6 cm³/mol. The summed E-state index contributed by atoms with van der Waals surface area (Å²) in [7, 11) is 0. The average Bonchev–Trinajstić information content (AvgIpc) is 2.13. The molecule has 1 N–H and O–H groups in total. The van der Waals surface area contributed by atoms with Crippen molar-refractivity contribution < 1.29 is 9.90 Å². The maximum Gasteiger partial charge on any atom is 0.323 e. The fourth-order valence-corrected chi connectivity index (χ4v) is 1.54. The Hall–Kier alpha value is -0.640. The highest BCUT2D eigenvalue weighted by Gasteiger charge is 2.11. The first-order chi connectivity index (χ1) is 4.68. The summed E-state index contributed by atoms with van der Waals surface area (Å²) in [6, 6.07) is 0. The van der Waals surface area contributed by atoms with Crippen LogP contribution in [0.25, 0.3) is 0 Å². The molecule has 1 heterocycles. The number of carboxylic acid groups (broad SMARTS) is 1. The van der Waals surface area contributed by atoms with Crippen molar-refractivity contribution in [3.63, 3.8) is 0 Å². The number of thioether (sulfide) groups is 1. The molecule has 0 aromatic rings. The summed E-state index contributed by atoms with van der Waals surface area (Å²) in [4.78, 5) is 13.1. The smallest absolute Gasteiger partial charge is 0.323 e. The van der Waals surface area contributed by atoms with Crippen LogP contribution in [0.5, 0.6) is 0 Å². The number of rotatable bonds is 2. The van der Waals surface area contributed by atoms with E-state index in [2.05, 4.69) is 0 Å². The van der Waals surface area contributed by atoms with Crippen molar-refractivity contribution in [3.05, 3.63) is 11.1 Å². The van der Waals surface area contributed by atoms with Crippen LogP contribution >= 0.6 is 11.8 Å². The SMILES string of the molecule is CC1=CN(CC(=O)O)CS1. The monoisotopic (exact) mass is 159 g/mol. The van der Waals surface area contributed by atoms with Gasteiger partial charge >= 0.3 is 5.97 Å². The molecule has 0 saturated heterocycles. The quantitative estimate of drug-likeness (QED) is 0.651. The molecule has 3 nitrogen and oxygen atoms in total. The van der Waals surface area contributed by atoms with Gasteiger partial charge in [-0.25, -0.2) is 0 Å². The molecule has 0 aliphatic carbocycles. The summed E-state index contributed by atoms with van der Waals surface area (Å²) in [5.41, 5.74) is 0. The van der Waals surface area contributed by atoms with Crippen molar-refractivity contribution in [3.8, 4) is 0 Å². The van der Waals surface area contributed by atoms with Gasteiger partial charge in [-0.3, -0.25) is 4.79 Å². The fraction of sp³-hybridized carbons (Fsp3) is 0.500. The van der Waals surface area contributed by atoms with Gasteiger partial charge in [0.25, 0.3) is 0 Å². The Morgan fingerprint density at radius 1 is 2.00 bits per heavy atom. The molecular formula is C6H9NO2S. The van der Waals surface area contributed by atoms with Crippen LogP contribution in [0.15, 0.2) is 11.1 Å². The molecule has 0 bridgehead atoms. The highest BCUT2D eigenvalue weighted by molar-refractivity contribution is 8.03. The summed E-state index contributed by atoms with van der Waals surface area (Å²) in [6.07, 6.45) is 1.87. The van der Waals surface area contributed by atoms with E-state index in [1.807, 2.05) is 13.1 Å². The molecule has 1 aliphatic heterocycles. The lowest BCUT2D eigenvalue weighted by Gasteiger charge is -2.09. The highest BCUT2D eigenvalue weighted by Crippen LogP contribution is 2.23. The van der Waals surface area contributed by atoms with E-state index in [4.69, 9.17) is 5.11 Å². The van der Waals surface area contributed by atoms with Crippen molar-refractivity contribution in [1.82, 2.24) is 4.90 Å². The molecule has 0 saturated carbocycles. The zero-order chi connectivity index (χ0) is 7.56. The minimum absolute atomic E-state index is 0.115. The lowest BCUT2D eigenvalue weighted by molar-refractivity contribution is -0.137. The number of aliphatic carboxylic acids is 1. The van der Waals surface area contributed by atoms with Crippen LogP contribution in [-0.4, -0.2) is 28.4 Å². The van der Waals surface area contributed by atoms with Crippen LogP contribution in [0.1, 0.15) is 6.92 Å². The minimum Gasteiger partial charge on any atom is -0.480 e. The van der Waals surface area contributed by atoms with E-state index in [0.29, 0.717) is 0 Å². The van der Waals surface area contributed by atoms with Gasteiger partial charge in [0.05, 0.1) is 5.88 Å². The van der Waals surface area contributed by atoms with Gasteiger partial charge in [0.1, 0.15) is 6.54 Å². The Morgan fingerprint density at radius 2 is 2.70 bits per heavy atom. The zero-order valence-electron chi connectivity index (χ0n) is 5.70. The third kappa shape index (κ3) is 1.95. The second-order valence-corrected chi connectivity index (χ2v) is 3.34. The molecule has 0 aromatic heterocycles. The number of nitrogens with zero attached hydrogens (tertiary/aromatic N) is 1. The van der Waals surface area contributed by atoms with Gasteiger partial charge in [0.15, 0.2) is 0 Å². The summed E-state index contributed by atoms with van der Waals surface area (Å²) >= 11 is 1.67. The van der Waals surface area contributed by atoms with E-state index in [0.717, 1.165) is 5.88 Å². The summed E-state index contributed by atoms with van der Waals surface area (Å²) in [6.45, 7) is 2.09. The number of carbonyl (C=O) groups is 1. The van der Waals surface area contributed by atoms with Crippen molar-refractivity contribution in [2.24, 2.45) is 0 Å². The molecule has 0 spiro atoms. The van der Waals surface area contributed by atoms with Gasteiger partial charge in [0.2, 0.25) is 0 Å². The lowest BCUT2D eigenvalue weighted by atomic mass is 10.5. The predicted octanol–water partition coefficient (Wildman–Crippen LogP) is 0.939. The van der Waals surface area contributed by atoms with Crippen molar-refractivity contribution >= 4 is 17.7 Å². The summed E-state index contributed by atoms with van der Waals surface area (Å²) < 4.78 is 0. The molecule has 0 radical (unpaired) electrons. The topological polar surface area (TPSA) is 40.5 Å². The number of carboxylic acids is 1. The largest absolute Gasteiger partial charge is 0.480 e. The van der Waals surface area contributed by atoms with Crippen molar-refractivity contribution in [2.45, 2.75) is 6.92 Å². The molecule has 0 fully saturated rings. The van der Waals surface area contributed by atoms with Crippen molar-refractivity contribution in [1.29, 1.82) is 0 Å². The second-order valence-electron chi connectivity index (χ2n) is 2.15. The molecule has 0 aromatic carbocycles. The first-order valence-electron chi connectivity index (χ1n) is 2.95. The van der Waals surface area contributed by atoms with Gasteiger partial charge < -0.3 is 10.0 Å². The van der Waals surface area contributed by atoms with Crippen LogP contribution < -0.4 is 0 Å². The maximum absolute atomic E-state index is 10.2. The average molecular weight is 159 g/mol. The third-order valence-electron chi connectivity index (χ3n) is 1.16. The van der Waals surface area contributed by atoms with Gasteiger partial charge in [-0.1, -0.05) is 0 Å². The highest BCUT2D eigenvalue weighted by atomic mass is 32.2. The first-order valence-corrected chi connectivity index (χ1v) is 3.94. The van der Waals surface area contributed by atoms with Crippen LogP contribution in [0.4, 0.5) is 0 Å². The van der Waals surface area contributed by atoms with Crippen LogP contribution in [0, 0.1) is 0 Å². The molecular weight excluding hydrogens is 150 g/mol. The number of allylic oxidation sites excluding steroid dienone is 1. The first kappa shape index (κ1) is 7.47. The summed E-state index contributed by atoms with van der Waals surface area (Å²) in [5.74, 6) is 0.00421. The van der Waals surface area contributed by atoms with Crippen LogP contribution in [0.3, 0.4) is 0 Å². The molecule has 1 aliphatic rings. The van der Waals surface area contributed by atoms with E-state index in [9.17, 15) is 4.79 Å². The number of hydrogen-bond acceptors (Lipinski definition) is 3. The van der Waals surface area contributed by atoms with Gasteiger partial charge in [-0.05, 0) is 11.8 Å². The van der Waals surface area contributed by atoms with E-state index >= 15 is 0 Å². The molecule has 56 valence electrons. The van der Waals surface area contributed by atoms with Crippen LogP contribution in [0.2, 0.25) is 0 Å². The minimum atomic E-state index is -0.772. The standard InChI is InChI=1S/C6H9NO2S/c1-5-2-7(4-10-5)3-6(8)9/h2H,3-4H2,1H3,(H,8,9). The normalized spacial score (nSPS) is 17.3. The van der Waals surface area contributed by atoms with E-state index in [-0.39, 0.29) is 6.54 Å². The van der Waals surface area contributed by atoms with E-state index < -0.39 is 5.97 Å². The molecule has 1 rings (SSSR count). The Labute approximate surface area is 63.7 Å². The van der Waals surface area contributed by atoms with E-state index in [1.54, 1.807) is 16.7 Å². The van der Waals surface area contributed by atoms with Gasteiger partial charge in [0, 0.05) is 6.20 Å². The Balaban J connectivity index is 2.38. The third-order valence-corrected chi connectivity index (χ3v) is 2.18. The zero-order valence-corrected chi connectivity index (χ0v) is 6.52. The summed E-state index contributed by atoms with van der Waals surface area (Å²) in [5, 5.41) is 8.38. The Kier molecular flexibility index (Phi) is 2.21. The Bertz CT molecular complexity index is 179. The molecule has 0 unspecified atom stereocenters. The molecule has 10 heavy (non-hydrogen) atoms. The fourth-order valence-electron chi connectivity index (χ4n) is 0.781.